The van der Waals surface area contributed by atoms with Crippen LogP contribution in [0.5, 0.6) is 0 Å². The van der Waals surface area contributed by atoms with Crippen LogP contribution in [0.2, 0.25) is 0 Å². The number of halogens is 2. The summed E-state index contributed by atoms with van der Waals surface area (Å²) in [6.45, 7) is 6.40. The van der Waals surface area contributed by atoms with Gasteiger partial charge < -0.3 is 25.6 Å². The quantitative estimate of drug-likeness (QED) is 0.264. The lowest BCUT2D eigenvalue weighted by molar-refractivity contribution is 0.0904. The number of hydrogen-bond acceptors (Lipinski definition) is 8. The maximum absolute atomic E-state index is 13.9. The number of sulfonamides is 1. The minimum atomic E-state index is -4.27. The molecule has 0 unspecified atom stereocenters. The van der Waals surface area contributed by atoms with E-state index in [9.17, 15) is 22.0 Å². The van der Waals surface area contributed by atoms with Crippen molar-refractivity contribution >= 4 is 33.1 Å². The summed E-state index contributed by atoms with van der Waals surface area (Å²) in [5, 5.41) is 17.1. The number of amides is 1. The molecule has 0 bridgehead atoms. The summed E-state index contributed by atoms with van der Waals surface area (Å²) in [7, 11) is -0.272. The van der Waals surface area contributed by atoms with Gasteiger partial charge in [-0.3, -0.25) is 9.89 Å². The number of likely N-dealkylation sites (N-methyl/N-ethyl adjacent to an activating group) is 1. The average molecular weight is 632 g/mol. The molecule has 14 heteroatoms. The van der Waals surface area contributed by atoms with Crippen LogP contribution in [-0.4, -0.2) is 86.7 Å². The van der Waals surface area contributed by atoms with Crippen LogP contribution in [-0.2, 0) is 26.7 Å². The van der Waals surface area contributed by atoms with E-state index in [0.717, 1.165) is 48.1 Å². The highest BCUT2D eigenvalue weighted by Gasteiger charge is 2.41. The largest absolute Gasteiger partial charge is 0.384 e. The standard InChI is InChI=1S/C30H39F2N7O4S/c1-30(2)18-39(44(41,42)23-14-19(31)13-20(32)15-23)17-25-27(30)36-37-28(25)35-29(40)24-6-5-22(33-9-10-38(3)4)16-26(24)34-21-7-11-43-12-8-21/h5-6,13-16,21,33-34H,7-12,17-18H2,1-4H3,(H2,35,36,37,40). The van der Waals surface area contributed by atoms with Crippen molar-refractivity contribution in [1.29, 1.82) is 0 Å². The Kier molecular flexibility index (Phi) is 9.25. The lowest BCUT2D eigenvalue weighted by atomic mass is 9.84. The Balaban J connectivity index is 1.41. The molecule has 1 aromatic heterocycles. The second-order valence-electron chi connectivity index (χ2n) is 12.2. The number of aromatic amines is 1. The zero-order valence-electron chi connectivity index (χ0n) is 25.3. The van der Waals surface area contributed by atoms with E-state index in [-0.39, 0.29) is 24.9 Å². The van der Waals surface area contributed by atoms with E-state index in [4.69, 9.17) is 4.74 Å². The number of H-pyrrole nitrogens is 1. The number of aromatic nitrogens is 2. The molecular weight excluding hydrogens is 592 g/mol. The van der Waals surface area contributed by atoms with Gasteiger partial charge in [0.15, 0.2) is 5.82 Å². The number of benzene rings is 2. The third-order valence-corrected chi connectivity index (χ3v) is 9.66. The van der Waals surface area contributed by atoms with Crippen molar-refractivity contribution in [3.63, 3.8) is 0 Å². The van der Waals surface area contributed by atoms with Crippen LogP contribution in [0, 0.1) is 11.6 Å². The molecule has 0 spiro atoms. The maximum atomic E-state index is 13.9. The summed E-state index contributed by atoms with van der Waals surface area (Å²) in [5.41, 5.74) is 2.35. The van der Waals surface area contributed by atoms with Gasteiger partial charge in [-0.25, -0.2) is 17.2 Å². The number of rotatable bonds is 10. The van der Waals surface area contributed by atoms with E-state index in [1.54, 1.807) is 6.07 Å². The van der Waals surface area contributed by atoms with E-state index < -0.39 is 37.9 Å². The Hall–Kier alpha value is -3.59. The fourth-order valence-corrected chi connectivity index (χ4v) is 7.18. The van der Waals surface area contributed by atoms with Crippen molar-refractivity contribution in [3.05, 3.63) is 64.9 Å². The molecule has 0 atom stereocenters. The number of fused-ring (bicyclic) bond motifs is 1. The highest BCUT2D eigenvalue weighted by molar-refractivity contribution is 7.89. The Labute approximate surface area is 256 Å². The van der Waals surface area contributed by atoms with E-state index in [1.165, 1.54) is 0 Å². The Morgan fingerprint density at radius 2 is 1.84 bits per heavy atom. The van der Waals surface area contributed by atoms with E-state index in [2.05, 4.69) is 31.0 Å². The van der Waals surface area contributed by atoms with Crippen molar-refractivity contribution in [2.24, 2.45) is 0 Å². The number of nitrogens with zero attached hydrogens (tertiary/aromatic N) is 3. The van der Waals surface area contributed by atoms with Gasteiger partial charge in [0.2, 0.25) is 10.0 Å². The molecule has 2 aliphatic heterocycles. The third-order valence-electron chi connectivity index (χ3n) is 7.89. The van der Waals surface area contributed by atoms with E-state index in [1.807, 2.05) is 40.1 Å². The first-order chi connectivity index (χ1) is 20.8. The first-order valence-corrected chi connectivity index (χ1v) is 16.0. The van der Waals surface area contributed by atoms with Crippen molar-refractivity contribution in [2.45, 2.75) is 49.6 Å². The van der Waals surface area contributed by atoms with Crippen LogP contribution >= 0.6 is 0 Å². The number of hydrogen-bond donors (Lipinski definition) is 4. The molecule has 3 aromatic rings. The molecule has 4 N–H and O–H groups in total. The Morgan fingerprint density at radius 3 is 2.52 bits per heavy atom. The van der Waals surface area contributed by atoms with Gasteiger partial charge in [0.1, 0.15) is 11.6 Å². The molecule has 1 saturated heterocycles. The van der Waals surface area contributed by atoms with E-state index in [0.29, 0.717) is 41.8 Å². The summed E-state index contributed by atoms with van der Waals surface area (Å²) in [6.07, 6.45) is 1.61. The molecule has 2 aromatic carbocycles. The second kappa shape index (κ2) is 12.8. The minimum absolute atomic E-state index is 0.0392. The smallest absolute Gasteiger partial charge is 0.258 e. The van der Waals surface area contributed by atoms with Crippen molar-refractivity contribution in [3.8, 4) is 0 Å². The lowest BCUT2D eigenvalue weighted by Crippen LogP contribution is -2.45. The van der Waals surface area contributed by atoms with Gasteiger partial charge in [-0.2, -0.15) is 9.40 Å². The van der Waals surface area contributed by atoms with Crippen molar-refractivity contribution in [1.82, 2.24) is 19.4 Å². The third kappa shape index (κ3) is 7.04. The number of anilines is 3. The van der Waals surface area contributed by atoms with Crippen LogP contribution in [0.3, 0.4) is 0 Å². The Bertz CT molecular complexity index is 1600. The van der Waals surface area contributed by atoms with Gasteiger partial charge >= 0.3 is 0 Å². The van der Waals surface area contributed by atoms with Crippen molar-refractivity contribution in [2.75, 3.05) is 62.9 Å². The SMILES string of the molecule is CN(C)CCNc1ccc(C(=O)Nc2n[nH]c3c2CN(S(=O)(=O)c2cc(F)cc(F)c2)CC3(C)C)c(NC2CCOCC2)c1. The predicted octanol–water partition coefficient (Wildman–Crippen LogP) is 3.99. The van der Waals surface area contributed by atoms with Crippen LogP contribution in [0.4, 0.5) is 26.0 Å². The van der Waals surface area contributed by atoms with Gasteiger partial charge in [0.25, 0.3) is 5.91 Å². The fourth-order valence-electron chi connectivity index (χ4n) is 5.56. The normalized spacial score (nSPS) is 17.3. The molecule has 0 saturated carbocycles. The minimum Gasteiger partial charge on any atom is -0.384 e. The molecule has 3 heterocycles. The first-order valence-electron chi connectivity index (χ1n) is 14.6. The first kappa shape index (κ1) is 31.8. The lowest BCUT2D eigenvalue weighted by Gasteiger charge is -2.36. The van der Waals surface area contributed by atoms with Gasteiger partial charge in [0.05, 0.1) is 10.5 Å². The number of nitrogens with one attached hydrogen (secondary N) is 4. The summed E-state index contributed by atoms with van der Waals surface area (Å²) in [6, 6.07) is 7.85. The number of ether oxygens (including phenoxy) is 1. The maximum Gasteiger partial charge on any atom is 0.258 e. The summed E-state index contributed by atoms with van der Waals surface area (Å²) in [4.78, 5) is 15.3. The molecule has 1 amide bonds. The predicted molar refractivity (Wildman–Crippen MR) is 164 cm³/mol. The highest BCUT2D eigenvalue weighted by Crippen LogP contribution is 2.38. The van der Waals surface area contributed by atoms with Crippen LogP contribution in [0.25, 0.3) is 0 Å². The molecule has 44 heavy (non-hydrogen) atoms. The number of carbonyl (C=O) groups is 1. The molecule has 238 valence electrons. The monoisotopic (exact) mass is 631 g/mol. The summed E-state index contributed by atoms with van der Waals surface area (Å²) in [5.74, 6) is -2.20. The summed E-state index contributed by atoms with van der Waals surface area (Å²) >= 11 is 0. The molecule has 11 nitrogen and oxygen atoms in total. The van der Waals surface area contributed by atoms with Gasteiger partial charge in [-0.05, 0) is 57.3 Å². The molecule has 0 radical (unpaired) electrons. The molecular formula is C30H39F2N7O4S. The van der Waals surface area contributed by atoms with Crippen LogP contribution < -0.4 is 16.0 Å². The Morgan fingerprint density at radius 1 is 1.14 bits per heavy atom. The molecule has 2 aliphatic rings. The van der Waals surface area contributed by atoms with Gasteiger partial charge in [-0.15, -0.1) is 0 Å². The van der Waals surface area contributed by atoms with E-state index >= 15 is 0 Å². The second-order valence-corrected chi connectivity index (χ2v) is 14.1. The molecule has 1 fully saturated rings. The number of carbonyl (C=O) groups excluding carboxylic acids is 1. The zero-order chi connectivity index (χ0) is 31.6. The van der Waals surface area contributed by atoms with Gasteiger partial charge in [-0.1, -0.05) is 13.8 Å². The zero-order valence-corrected chi connectivity index (χ0v) is 26.2. The highest BCUT2D eigenvalue weighted by atomic mass is 32.2. The van der Waals surface area contributed by atoms with Crippen molar-refractivity contribution < 1.29 is 26.7 Å². The average Bonchev–Trinajstić information content (AvgIpc) is 3.36. The molecule has 0 aliphatic carbocycles. The van der Waals surface area contributed by atoms with Crippen LogP contribution in [0.15, 0.2) is 41.3 Å². The van der Waals surface area contributed by atoms with Gasteiger partial charge in [0, 0.05) is 79.5 Å². The topological polar surface area (TPSA) is 132 Å². The summed E-state index contributed by atoms with van der Waals surface area (Å²) < 4.78 is 61.5. The molecule has 5 rings (SSSR count). The van der Waals surface area contributed by atoms with Crippen LogP contribution in [0.1, 0.15) is 48.3 Å². The fraction of sp³-hybridized carbons (Fsp3) is 0.467.